The second-order valence-corrected chi connectivity index (χ2v) is 3.74. The van der Waals surface area contributed by atoms with Gasteiger partial charge in [0.05, 0.1) is 0 Å². The van der Waals surface area contributed by atoms with Crippen LogP contribution in [0.15, 0.2) is 4.99 Å². The normalized spacial score (nSPS) is 27.0. The average Bonchev–Trinajstić information content (AvgIpc) is 2.47. The van der Waals surface area contributed by atoms with Crippen LogP contribution in [0, 0.1) is 0 Å². The van der Waals surface area contributed by atoms with E-state index in [9.17, 15) is 14.7 Å². The SMILES string of the molecule is CCC1(C(=O)C(=O)[O-])CSC(N)=N1. The summed E-state index contributed by atoms with van der Waals surface area (Å²) in [5.74, 6) is -2.38. The third-order valence-corrected chi connectivity index (χ3v) is 2.98. The summed E-state index contributed by atoms with van der Waals surface area (Å²) in [6.45, 7) is 1.70. The number of hydrogen-bond acceptors (Lipinski definition) is 6. The first-order valence-electron chi connectivity index (χ1n) is 3.76. The number of carbonyl (C=O) groups is 2. The summed E-state index contributed by atoms with van der Waals surface area (Å²) in [5, 5.41) is 10.6. The zero-order chi connectivity index (χ0) is 10.1. The largest absolute Gasteiger partial charge is 0.542 e. The van der Waals surface area contributed by atoms with Crippen molar-refractivity contribution < 1.29 is 14.7 Å². The molecule has 1 aliphatic rings. The third kappa shape index (κ3) is 1.67. The first kappa shape index (κ1) is 10.0. The third-order valence-electron chi connectivity index (χ3n) is 1.98. The Morgan fingerprint density at radius 1 is 1.77 bits per heavy atom. The fourth-order valence-corrected chi connectivity index (χ4v) is 2.14. The van der Waals surface area contributed by atoms with E-state index < -0.39 is 17.3 Å². The molecule has 1 rings (SSSR count). The van der Waals surface area contributed by atoms with Gasteiger partial charge in [0.25, 0.3) is 0 Å². The summed E-state index contributed by atoms with van der Waals surface area (Å²) >= 11 is 1.19. The maximum Gasteiger partial charge on any atom is 0.206 e. The van der Waals surface area contributed by atoms with Gasteiger partial charge in [-0.05, 0) is 6.42 Å². The van der Waals surface area contributed by atoms with Crippen molar-refractivity contribution >= 4 is 28.7 Å². The number of Topliss-reactive ketones (excluding diaryl/α,β-unsaturated/α-hetero) is 1. The van der Waals surface area contributed by atoms with E-state index in [1.54, 1.807) is 6.92 Å². The van der Waals surface area contributed by atoms with Crippen molar-refractivity contribution in [2.45, 2.75) is 18.9 Å². The number of rotatable bonds is 3. The summed E-state index contributed by atoms with van der Waals surface area (Å²) in [4.78, 5) is 25.4. The highest BCUT2D eigenvalue weighted by Crippen LogP contribution is 2.29. The maximum atomic E-state index is 11.2. The summed E-state index contributed by atoms with van der Waals surface area (Å²) in [6.07, 6.45) is 0.327. The predicted molar refractivity (Wildman–Crippen MR) is 47.1 cm³/mol. The molecule has 0 amide bonds. The van der Waals surface area contributed by atoms with E-state index in [1.807, 2.05) is 0 Å². The number of carboxylic acid groups (broad SMARTS) is 1. The van der Waals surface area contributed by atoms with Gasteiger partial charge in [-0.25, -0.2) is 4.99 Å². The van der Waals surface area contributed by atoms with Gasteiger partial charge in [0.15, 0.2) is 5.17 Å². The van der Waals surface area contributed by atoms with Crippen molar-refractivity contribution in [2.75, 3.05) is 5.75 Å². The van der Waals surface area contributed by atoms with Gasteiger partial charge in [-0.1, -0.05) is 18.7 Å². The minimum Gasteiger partial charge on any atom is -0.542 e. The number of hydrogen-bond donors (Lipinski definition) is 1. The number of ketones is 1. The molecule has 72 valence electrons. The highest BCUT2D eigenvalue weighted by atomic mass is 32.2. The Balaban J connectivity index is 2.96. The van der Waals surface area contributed by atoms with Crippen molar-refractivity contribution in [1.29, 1.82) is 0 Å². The molecule has 0 spiro atoms. The van der Waals surface area contributed by atoms with Crippen LogP contribution >= 0.6 is 11.8 Å². The lowest BCUT2D eigenvalue weighted by Gasteiger charge is -2.21. The van der Waals surface area contributed by atoms with Crippen molar-refractivity contribution in [3.05, 3.63) is 0 Å². The Labute approximate surface area is 79.4 Å². The van der Waals surface area contributed by atoms with Crippen LogP contribution in [0.5, 0.6) is 0 Å². The lowest BCUT2D eigenvalue weighted by atomic mass is 9.94. The molecule has 0 bridgehead atoms. The Morgan fingerprint density at radius 3 is 2.69 bits per heavy atom. The van der Waals surface area contributed by atoms with Crippen molar-refractivity contribution in [3.8, 4) is 0 Å². The highest BCUT2D eigenvalue weighted by Gasteiger charge is 2.40. The van der Waals surface area contributed by atoms with Crippen LogP contribution in [0.3, 0.4) is 0 Å². The molecule has 0 saturated heterocycles. The molecule has 0 aromatic heterocycles. The molecule has 0 aromatic carbocycles. The molecule has 1 atom stereocenters. The molecular weight excluding hydrogens is 192 g/mol. The van der Waals surface area contributed by atoms with Gasteiger partial charge in [-0.2, -0.15) is 0 Å². The van der Waals surface area contributed by atoms with Gasteiger partial charge in [0, 0.05) is 5.75 Å². The minimum atomic E-state index is -1.69. The molecule has 1 unspecified atom stereocenters. The van der Waals surface area contributed by atoms with Crippen LogP contribution in [0.4, 0.5) is 0 Å². The molecule has 0 aromatic rings. The first-order chi connectivity index (χ1) is 6.02. The van der Waals surface area contributed by atoms with E-state index in [0.29, 0.717) is 12.2 Å². The van der Waals surface area contributed by atoms with Gasteiger partial charge >= 0.3 is 0 Å². The quantitative estimate of drug-likeness (QED) is 0.561. The van der Waals surface area contributed by atoms with Gasteiger partial charge in [-0.15, -0.1) is 0 Å². The molecule has 0 radical (unpaired) electrons. The number of carbonyl (C=O) groups excluding carboxylic acids is 2. The summed E-state index contributed by atoms with van der Waals surface area (Å²) in [6, 6.07) is 0. The predicted octanol–water partition coefficient (Wildman–Crippen LogP) is -1.48. The molecular formula is C7H9N2O3S-. The summed E-state index contributed by atoms with van der Waals surface area (Å²) < 4.78 is 0. The van der Waals surface area contributed by atoms with E-state index in [1.165, 1.54) is 11.8 Å². The fourth-order valence-electron chi connectivity index (χ4n) is 1.12. The Kier molecular flexibility index (Phi) is 2.60. The van der Waals surface area contributed by atoms with Crippen LogP contribution in [-0.2, 0) is 9.59 Å². The first-order valence-corrected chi connectivity index (χ1v) is 4.74. The second kappa shape index (κ2) is 3.37. The lowest BCUT2D eigenvalue weighted by molar-refractivity contribution is -0.300. The van der Waals surface area contributed by atoms with E-state index in [4.69, 9.17) is 5.73 Å². The number of nitrogens with zero attached hydrogens (tertiary/aromatic N) is 1. The van der Waals surface area contributed by atoms with Gasteiger partial charge < -0.3 is 15.6 Å². The fraction of sp³-hybridized carbons (Fsp3) is 0.571. The van der Waals surface area contributed by atoms with Crippen molar-refractivity contribution in [2.24, 2.45) is 10.7 Å². The maximum absolute atomic E-state index is 11.2. The van der Waals surface area contributed by atoms with Crippen molar-refractivity contribution in [1.82, 2.24) is 0 Å². The Hall–Kier alpha value is -1.04. The second-order valence-electron chi connectivity index (χ2n) is 2.74. The summed E-state index contributed by atoms with van der Waals surface area (Å²) in [7, 11) is 0. The van der Waals surface area contributed by atoms with E-state index in [0.717, 1.165) is 0 Å². The van der Waals surface area contributed by atoms with E-state index >= 15 is 0 Å². The Morgan fingerprint density at radius 2 is 2.38 bits per heavy atom. The average molecular weight is 201 g/mol. The van der Waals surface area contributed by atoms with Gasteiger partial charge in [-0.3, -0.25) is 4.79 Å². The zero-order valence-electron chi connectivity index (χ0n) is 7.07. The lowest BCUT2D eigenvalue weighted by Crippen LogP contribution is -2.47. The smallest absolute Gasteiger partial charge is 0.206 e. The molecule has 13 heavy (non-hydrogen) atoms. The molecule has 0 fully saturated rings. The van der Waals surface area contributed by atoms with Crippen LogP contribution in [0.1, 0.15) is 13.3 Å². The van der Waals surface area contributed by atoms with Crippen LogP contribution in [0.2, 0.25) is 0 Å². The number of aliphatic carboxylic acids is 1. The van der Waals surface area contributed by atoms with Gasteiger partial charge in [0.1, 0.15) is 11.5 Å². The van der Waals surface area contributed by atoms with Gasteiger partial charge in [0.2, 0.25) is 5.78 Å². The molecule has 0 aliphatic carbocycles. The molecule has 1 heterocycles. The van der Waals surface area contributed by atoms with E-state index in [-0.39, 0.29) is 5.17 Å². The number of nitrogens with two attached hydrogens (primary N) is 1. The standard InChI is InChI=1S/C7H10N2O3S/c1-2-7(4(10)5(11)12)3-13-6(8)9-7/h2-3H2,1H3,(H2,8,9)(H,11,12)/p-1. The zero-order valence-corrected chi connectivity index (χ0v) is 7.89. The molecule has 0 saturated carbocycles. The van der Waals surface area contributed by atoms with Crippen LogP contribution in [-0.4, -0.2) is 28.2 Å². The molecule has 6 heteroatoms. The van der Waals surface area contributed by atoms with E-state index in [2.05, 4.69) is 4.99 Å². The number of carboxylic acids is 1. The highest BCUT2D eigenvalue weighted by molar-refractivity contribution is 8.14. The van der Waals surface area contributed by atoms with Crippen LogP contribution in [0.25, 0.3) is 0 Å². The topological polar surface area (TPSA) is 95.6 Å². The monoisotopic (exact) mass is 201 g/mol. The Bertz CT molecular complexity index is 289. The number of aliphatic imine (C=N–C) groups is 1. The minimum absolute atomic E-state index is 0.261. The van der Waals surface area contributed by atoms with Crippen LogP contribution < -0.4 is 10.8 Å². The number of thioether (sulfide) groups is 1. The number of amidine groups is 1. The molecule has 5 nitrogen and oxygen atoms in total. The van der Waals surface area contributed by atoms with Crippen molar-refractivity contribution in [3.63, 3.8) is 0 Å². The molecule has 1 aliphatic heterocycles. The molecule has 2 N–H and O–H groups in total. The summed E-state index contributed by atoms with van der Waals surface area (Å²) in [5.41, 5.74) is 4.18.